The van der Waals surface area contributed by atoms with Gasteiger partial charge in [0.25, 0.3) is 5.91 Å². The van der Waals surface area contributed by atoms with E-state index in [1.165, 1.54) is 24.3 Å². The molecule has 3 N–H and O–H groups in total. The van der Waals surface area contributed by atoms with Crippen LogP contribution in [0.4, 0.5) is 10.1 Å². The number of hydrogen-bond acceptors (Lipinski definition) is 8. The van der Waals surface area contributed by atoms with Crippen molar-refractivity contribution in [1.82, 2.24) is 4.90 Å². The summed E-state index contributed by atoms with van der Waals surface area (Å²) in [6, 6.07) is 23.3. The Morgan fingerprint density at radius 3 is 2.23 bits per heavy atom. The fourth-order valence-electron chi connectivity index (χ4n) is 7.41. The number of carboxylic acid groups (broad SMARTS) is 1. The Bertz CT molecular complexity index is 1510. The predicted molar refractivity (Wildman–Crippen MR) is 151 cm³/mol. The summed E-state index contributed by atoms with van der Waals surface area (Å²) in [5.74, 6) is -2.90. The number of morpholine rings is 1. The van der Waals surface area contributed by atoms with E-state index in [0.717, 1.165) is 0 Å². The number of halogens is 1. The Hall–Kier alpha value is -2.67. The molecule has 6 unspecified atom stereocenters. The van der Waals surface area contributed by atoms with Gasteiger partial charge in [-0.1, -0.05) is 74.5 Å². The van der Waals surface area contributed by atoms with Crippen LogP contribution in [0.3, 0.4) is 0 Å². The molecule has 9 nitrogen and oxygen atoms in total. The van der Waals surface area contributed by atoms with Crippen LogP contribution in [-0.4, -0.2) is 57.1 Å². The minimum absolute atomic E-state index is 0. The average molecular weight is 613 g/mol. The molecule has 6 rings (SSSR count). The van der Waals surface area contributed by atoms with Gasteiger partial charge in [-0.3, -0.25) is 4.79 Å². The zero-order chi connectivity index (χ0) is 30.6. The Kier molecular flexibility index (Phi) is 8.87. The summed E-state index contributed by atoms with van der Waals surface area (Å²) in [7, 11) is 0. The van der Waals surface area contributed by atoms with E-state index in [0.29, 0.717) is 23.2 Å². The van der Waals surface area contributed by atoms with E-state index >= 15 is 0 Å². The molecular weight excluding hydrogens is 578 g/mol. The van der Waals surface area contributed by atoms with Gasteiger partial charge in [-0.2, -0.15) is 0 Å². The number of ether oxygens (including phenoxy) is 2. The number of fused-ring (bicyclic) bond motifs is 3. The zero-order valence-electron chi connectivity index (χ0n) is 24.9. The minimum Gasteiger partial charge on any atom is -0.550 e. The fourth-order valence-corrected chi connectivity index (χ4v) is 7.41. The number of carbonyl (C=O) groups is 2. The molecule has 44 heavy (non-hydrogen) atoms. The van der Waals surface area contributed by atoms with Crippen molar-refractivity contribution < 1.29 is 68.3 Å². The van der Waals surface area contributed by atoms with Crippen LogP contribution in [0, 0.1) is 11.7 Å². The SMILES string of the molecule is CC(C)C12OC(CC(O)CC(=O)[O-])CCN1C(O)(c1ccc(F)cc1)C1(c3ccccc3)OC21C(=O)Nc1ccccc1.[Na+]. The molecule has 6 atom stereocenters. The van der Waals surface area contributed by atoms with Crippen molar-refractivity contribution in [2.45, 2.75) is 68.0 Å². The van der Waals surface area contributed by atoms with E-state index in [1.807, 2.05) is 26.0 Å². The Morgan fingerprint density at radius 1 is 1.02 bits per heavy atom. The van der Waals surface area contributed by atoms with Gasteiger partial charge in [0, 0.05) is 30.2 Å². The van der Waals surface area contributed by atoms with Gasteiger partial charge in [-0.05, 0) is 48.6 Å². The van der Waals surface area contributed by atoms with Gasteiger partial charge in [0.2, 0.25) is 5.60 Å². The van der Waals surface area contributed by atoms with E-state index in [1.54, 1.807) is 53.4 Å². The molecule has 0 aromatic heterocycles. The first kappa shape index (κ1) is 32.7. The maximum Gasteiger partial charge on any atom is 1.00 e. The molecule has 11 heteroatoms. The van der Waals surface area contributed by atoms with Crippen molar-refractivity contribution in [2.75, 3.05) is 11.9 Å². The van der Waals surface area contributed by atoms with Crippen molar-refractivity contribution in [3.05, 3.63) is 102 Å². The number of nitrogens with zero attached hydrogens (tertiary/aromatic N) is 1. The first-order chi connectivity index (χ1) is 20.5. The fraction of sp³-hybridized carbons (Fsp3) is 0.394. The monoisotopic (exact) mass is 612 g/mol. The number of hydrogen-bond donors (Lipinski definition) is 3. The summed E-state index contributed by atoms with van der Waals surface area (Å²) >= 11 is 0. The molecule has 0 saturated carbocycles. The molecule has 0 aliphatic carbocycles. The van der Waals surface area contributed by atoms with Crippen molar-refractivity contribution in [1.29, 1.82) is 0 Å². The van der Waals surface area contributed by atoms with Crippen LogP contribution in [-0.2, 0) is 30.4 Å². The number of anilines is 1. The minimum atomic E-state index is -2.01. The number of aliphatic carboxylic acids is 1. The summed E-state index contributed by atoms with van der Waals surface area (Å²) in [5.41, 5.74) is -5.78. The molecule has 3 saturated heterocycles. The summed E-state index contributed by atoms with van der Waals surface area (Å²) in [6.07, 6.45) is -2.20. The van der Waals surface area contributed by atoms with Gasteiger partial charge < -0.3 is 34.9 Å². The molecule has 3 aliphatic heterocycles. The van der Waals surface area contributed by atoms with Gasteiger partial charge in [0.1, 0.15) is 5.82 Å². The van der Waals surface area contributed by atoms with Crippen molar-refractivity contribution in [3.63, 3.8) is 0 Å². The number of epoxide rings is 1. The van der Waals surface area contributed by atoms with E-state index in [2.05, 4.69) is 5.32 Å². The normalized spacial score (nSPS) is 31.4. The van der Waals surface area contributed by atoms with Crippen LogP contribution in [0.15, 0.2) is 84.9 Å². The number of carboxylic acids is 1. The number of amides is 1. The van der Waals surface area contributed by atoms with Gasteiger partial charge >= 0.3 is 29.6 Å². The number of aliphatic hydroxyl groups is 2. The molecule has 1 amide bonds. The molecule has 3 aliphatic rings. The van der Waals surface area contributed by atoms with Crippen LogP contribution >= 0.6 is 0 Å². The Balaban J connectivity index is 0.00000384. The number of nitrogens with one attached hydrogen (secondary N) is 1. The van der Waals surface area contributed by atoms with Crippen LogP contribution in [0.1, 0.15) is 44.2 Å². The second-order valence-electron chi connectivity index (χ2n) is 11.8. The molecule has 0 radical (unpaired) electrons. The van der Waals surface area contributed by atoms with Gasteiger partial charge in [0.15, 0.2) is 17.1 Å². The third kappa shape index (κ3) is 4.58. The largest absolute Gasteiger partial charge is 1.00 e. The molecule has 3 aromatic carbocycles. The van der Waals surface area contributed by atoms with E-state index < -0.39 is 64.9 Å². The summed E-state index contributed by atoms with van der Waals surface area (Å²) in [6.45, 7) is 3.92. The van der Waals surface area contributed by atoms with Crippen molar-refractivity contribution in [3.8, 4) is 0 Å². The van der Waals surface area contributed by atoms with E-state index in [-0.39, 0.29) is 42.5 Å². The quantitative estimate of drug-likeness (QED) is 0.220. The first-order valence-electron chi connectivity index (χ1n) is 14.5. The van der Waals surface area contributed by atoms with Crippen molar-refractivity contribution >= 4 is 17.6 Å². The Labute approximate surface area is 277 Å². The van der Waals surface area contributed by atoms with E-state index in [4.69, 9.17) is 9.47 Å². The molecule has 3 heterocycles. The maximum absolute atomic E-state index is 14.7. The molecule has 0 bridgehead atoms. The number of carbonyl (C=O) groups excluding carboxylic acids is 2. The van der Waals surface area contributed by atoms with Crippen molar-refractivity contribution in [2.24, 2.45) is 5.92 Å². The van der Waals surface area contributed by atoms with Crippen LogP contribution < -0.4 is 40.0 Å². The third-order valence-corrected chi connectivity index (χ3v) is 9.07. The smallest absolute Gasteiger partial charge is 0.550 e. The molecule has 3 fully saturated rings. The van der Waals surface area contributed by atoms with Gasteiger partial charge in [-0.15, -0.1) is 0 Å². The number of para-hydroxylation sites is 1. The van der Waals surface area contributed by atoms with Gasteiger partial charge in [0.05, 0.1) is 12.2 Å². The van der Waals surface area contributed by atoms with Crippen LogP contribution in [0.5, 0.6) is 0 Å². The second kappa shape index (κ2) is 11.9. The maximum atomic E-state index is 14.7. The number of aliphatic hydroxyl groups excluding tert-OH is 1. The molecule has 226 valence electrons. The van der Waals surface area contributed by atoms with Crippen LogP contribution in [0.25, 0.3) is 0 Å². The summed E-state index contributed by atoms with van der Waals surface area (Å²) < 4.78 is 27.7. The topological polar surface area (TPSA) is 135 Å². The van der Waals surface area contributed by atoms with Crippen LogP contribution in [0.2, 0.25) is 0 Å². The average Bonchev–Trinajstić information content (AvgIpc) is 3.67. The predicted octanol–water partition coefficient (Wildman–Crippen LogP) is -0.374. The number of benzene rings is 3. The summed E-state index contributed by atoms with van der Waals surface area (Å²) in [4.78, 5) is 27.6. The molecule has 3 aromatic rings. The molecule has 0 spiro atoms. The Morgan fingerprint density at radius 2 is 1.64 bits per heavy atom. The molecular formula is C33H34FN2NaO7. The van der Waals surface area contributed by atoms with E-state index in [9.17, 15) is 29.3 Å². The first-order valence-corrected chi connectivity index (χ1v) is 14.5. The van der Waals surface area contributed by atoms with Gasteiger partial charge in [-0.25, -0.2) is 9.29 Å². The summed E-state index contributed by atoms with van der Waals surface area (Å²) in [5, 5.41) is 37.8. The third-order valence-electron chi connectivity index (χ3n) is 9.07. The zero-order valence-corrected chi connectivity index (χ0v) is 26.9. The number of rotatable bonds is 9. The standard InChI is InChI=1S/C33H35FN2O7.Na/c1-21(2)33-31(29(40)35-25-11-7-4-8-12-25)30(43-31,22-9-5-3-6-10-22)32(41,23-13-15-24(34)16-14-23)36(33)18-17-27(42-33)19-26(37)20-28(38)39;/h3-16,21,26-27,37,41H,17-20H2,1-2H3,(H,35,40)(H,38,39);/q;+1/p-1. The second-order valence-corrected chi connectivity index (χ2v) is 11.8.